The van der Waals surface area contributed by atoms with Gasteiger partial charge in [-0.3, -0.25) is 31.5 Å². The van der Waals surface area contributed by atoms with Crippen LogP contribution in [0.3, 0.4) is 0 Å². The summed E-state index contributed by atoms with van der Waals surface area (Å²) in [6, 6.07) is 0. The summed E-state index contributed by atoms with van der Waals surface area (Å²) in [4.78, 5) is 0. The normalized spacial score (nSPS) is 2.25. The SMILES string of the molecule is OO.OO.OO.[KH].[KH]. The fourth-order valence-electron chi connectivity index (χ4n) is 0. The van der Waals surface area contributed by atoms with Crippen LogP contribution in [0.2, 0.25) is 0 Å². The Hall–Kier alpha value is 3.03. The molecule has 8 heteroatoms. The van der Waals surface area contributed by atoms with Crippen molar-refractivity contribution in [1.82, 2.24) is 0 Å². The van der Waals surface area contributed by atoms with E-state index in [2.05, 4.69) is 0 Å². The standard InChI is InChI=1S/2K.3H2O2.2H/c;;3*1-2;;/h;;3*1-2H;;. The Kier molecular flexibility index (Phi) is 339. The predicted molar refractivity (Wildman–Crippen MR) is 30.1 cm³/mol. The molecule has 0 aliphatic carbocycles. The summed E-state index contributed by atoms with van der Waals surface area (Å²) in [6.07, 6.45) is 0. The fraction of sp³-hybridized carbons (Fsp3) is 0. The maximum atomic E-state index is 6.00. The minimum atomic E-state index is 0. The first-order valence-corrected chi connectivity index (χ1v) is 0.600. The molecule has 0 atom stereocenters. The van der Waals surface area contributed by atoms with Crippen LogP contribution in [0, 0.1) is 0 Å². The second-order valence-electron chi connectivity index (χ2n) is 0. The average molecular weight is 182 g/mol. The van der Waals surface area contributed by atoms with Gasteiger partial charge in [0.1, 0.15) is 0 Å². The van der Waals surface area contributed by atoms with E-state index in [4.69, 9.17) is 31.5 Å². The predicted octanol–water partition coefficient (Wildman–Crippen LogP) is -1.24. The monoisotopic (exact) mass is 182 g/mol. The van der Waals surface area contributed by atoms with Gasteiger partial charge >= 0.3 is 103 Å². The molecule has 0 unspecified atom stereocenters. The van der Waals surface area contributed by atoms with Crippen molar-refractivity contribution in [3.05, 3.63) is 0 Å². The van der Waals surface area contributed by atoms with Gasteiger partial charge in [0.25, 0.3) is 0 Å². The van der Waals surface area contributed by atoms with Crippen molar-refractivity contribution < 1.29 is 31.5 Å². The summed E-state index contributed by atoms with van der Waals surface area (Å²) in [5.74, 6) is 0. The molecule has 0 amide bonds. The first-order chi connectivity index (χ1) is 3.00. The summed E-state index contributed by atoms with van der Waals surface area (Å²) >= 11 is 0. The fourth-order valence-corrected chi connectivity index (χ4v) is 0. The first-order valence-electron chi connectivity index (χ1n) is 0.600. The topological polar surface area (TPSA) is 121 Å². The molecule has 0 saturated carbocycles. The van der Waals surface area contributed by atoms with Crippen molar-refractivity contribution in [2.45, 2.75) is 0 Å². The van der Waals surface area contributed by atoms with Crippen LogP contribution >= 0.6 is 0 Å². The Balaban J connectivity index is -0.00000000500. The zero-order valence-electron chi connectivity index (χ0n) is 2.68. The van der Waals surface area contributed by atoms with Crippen molar-refractivity contribution in [1.29, 1.82) is 0 Å². The summed E-state index contributed by atoms with van der Waals surface area (Å²) in [6.45, 7) is 0. The number of hydrogen-bond acceptors (Lipinski definition) is 6. The molecule has 0 aromatic rings. The Labute approximate surface area is 131 Å². The Morgan fingerprint density at radius 2 is 0.375 bits per heavy atom. The van der Waals surface area contributed by atoms with Crippen LogP contribution < -0.4 is 0 Å². The molecule has 0 aliphatic heterocycles. The van der Waals surface area contributed by atoms with Gasteiger partial charge < -0.3 is 0 Å². The van der Waals surface area contributed by atoms with Crippen LogP contribution in [0.4, 0.5) is 0 Å². The van der Waals surface area contributed by atoms with Gasteiger partial charge in [-0.2, -0.15) is 0 Å². The molecule has 0 rings (SSSR count). The van der Waals surface area contributed by atoms with Crippen LogP contribution in [-0.4, -0.2) is 134 Å². The van der Waals surface area contributed by atoms with Crippen molar-refractivity contribution in [2.24, 2.45) is 0 Å². The Morgan fingerprint density at radius 3 is 0.375 bits per heavy atom. The molecule has 8 heavy (non-hydrogen) atoms. The van der Waals surface area contributed by atoms with E-state index in [1.807, 2.05) is 0 Å². The molecule has 46 valence electrons. The molecule has 0 heterocycles. The maximum absolute atomic E-state index is 6.00. The van der Waals surface area contributed by atoms with Gasteiger partial charge in [0, 0.05) is 0 Å². The molecular formula is H8K2O6. The molecule has 0 aliphatic rings. The van der Waals surface area contributed by atoms with E-state index in [0.717, 1.165) is 0 Å². The van der Waals surface area contributed by atoms with Crippen molar-refractivity contribution in [3.63, 3.8) is 0 Å². The van der Waals surface area contributed by atoms with Crippen molar-refractivity contribution in [3.8, 4) is 0 Å². The van der Waals surface area contributed by atoms with Gasteiger partial charge in [0.2, 0.25) is 0 Å². The second-order valence-corrected chi connectivity index (χ2v) is 0. The van der Waals surface area contributed by atoms with Gasteiger partial charge in [-0.1, -0.05) is 0 Å². The van der Waals surface area contributed by atoms with Crippen LogP contribution in [0.25, 0.3) is 0 Å². The van der Waals surface area contributed by atoms with Crippen LogP contribution in [0.1, 0.15) is 0 Å². The third-order valence-corrected chi connectivity index (χ3v) is 0. The number of rotatable bonds is 0. The van der Waals surface area contributed by atoms with E-state index in [0.29, 0.717) is 0 Å². The van der Waals surface area contributed by atoms with Gasteiger partial charge in [0.15, 0.2) is 0 Å². The van der Waals surface area contributed by atoms with Crippen LogP contribution in [0.5, 0.6) is 0 Å². The van der Waals surface area contributed by atoms with E-state index >= 15 is 0 Å². The van der Waals surface area contributed by atoms with Gasteiger partial charge in [-0.25, -0.2) is 0 Å². The third-order valence-electron chi connectivity index (χ3n) is 0. The molecule has 6 nitrogen and oxygen atoms in total. The first kappa shape index (κ1) is 30.5. The summed E-state index contributed by atoms with van der Waals surface area (Å²) in [7, 11) is 0. The molecule has 0 bridgehead atoms. The van der Waals surface area contributed by atoms with Crippen molar-refractivity contribution in [2.75, 3.05) is 0 Å². The molecule has 0 saturated heterocycles. The van der Waals surface area contributed by atoms with E-state index in [9.17, 15) is 0 Å². The second kappa shape index (κ2) is 89.0. The quantitative estimate of drug-likeness (QED) is 0.158. The van der Waals surface area contributed by atoms with E-state index < -0.39 is 0 Å². The van der Waals surface area contributed by atoms with Crippen molar-refractivity contribution >= 4 is 103 Å². The Morgan fingerprint density at radius 1 is 0.375 bits per heavy atom. The minimum absolute atomic E-state index is 0. The Bertz CT molecular complexity index is 6.49. The molecule has 6 N–H and O–H groups in total. The van der Waals surface area contributed by atoms with E-state index in [-0.39, 0.29) is 103 Å². The van der Waals surface area contributed by atoms with Gasteiger partial charge in [-0.15, -0.1) is 0 Å². The molecule has 0 spiro atoms. The zero-order chi connectivity index (χ0) is 6.00. The molecule has 0 fully saturated rings. The van der Waals surface area contributed by atoms with Crippen LogP contribution in [0.15, 0.2) is 0 Å². The molecule has 0 radical (unpaired) electrons. The van der Waals surface area contributed by atoms with Gasteiger partial charge in [-0.05, 0) is 0 Å². The summed E-state index contributed by atoms with van der Waals surface area (Å²) in [5, 5.41) is 36.0. The average Bonchev–Trinajstić information content (AvgIpc) is 1.81. The molecule has 0 aromatic carbocycles. The molecular weight excluding hydrogens is 174 g/mol. The van der Waals surface area contributed by atoms with E-state index in [1.165, 1.54) is 0 Å². The number of hydrogen-bond donors (Lipinski definition) is 6. The van der Waals surface area contributed by atoms with Crippen LogP contribution in [-0.2, 0) is 0 Å². The third kappa shape index (κ3) is 63.4. The summed E-state index contributed by atoms with van der Waals surface area (Å²) in [5.41, 5.74) is 0. The summed E-state index contributed by atoms with van der Waals surface area (Å²) < 4.78 is 0. The van der Waals surface area contributed by atoms with Gasteiger partial charge in [0.05, 0.1) is 0 Å². The molecule has 0 aromatic heterocycles. The van der Waals surface area contributed by atoms with E-state index in [1.54, 1.807) is 0 Å². The zero-order valence-corrected chi connectivity index (χ0v) is 2.68.